The summed E-state index contributed by atoms with van der Waals surface area (Å²) < 4.78 is 35.8. The van der Waals surface area contributed by atoms with Gasteiger partial charge in [0.1, 0.15) is 11.9 Å². The first-order chi connectivity index (χ1) is 14.3. The van der Waals surface area contributed by atoms with E-state index in [1.54, 1.807) is 12.1 Å². The molecule has 156 valence electrons. The Hall–Kier alpha value is -3.07. The smallest absolute Gasteiger partial charge is 0.246 e. The van der Waals surface area contributed by atoms with E-state index in [2.05, 4.69) is 10.6 Å². The molecule has 1 atom stereocenters. The van der Waals surface area contributed by atoms with Gasteiger partial charge in [-0.2, -0.15) is 0 Å². The highest BCUT2D eigenvalue weighted by Gasteiger charge is 2.20. The van der Waals surface area contributed by atoms with Crippen molar-refractivity contribution in [1.82, 2.24) is 5.32 Å². The first-order valence-corrected chi connectivity index (χ1v) is 10.8. The van der Waals surface area contributed by atoms with Crippen molar-refractivity contribution in [2.75, 3.05) is 11.9 Å². The maximum atomic E-state index is 13.1. The number of benzene rings is 3. The summed E-state index contributed by atoms with van der Waals surface area (Å²) in [6, 6.07) is 20.5. The van der Waals surface area contributed by atoms with Crippen LogP contribution in [0.3, 0.4) is 0 Å². The maximum Gasteiger partial charge on any atom is 0.246 e. The Balaban J connectivity index is 1.67. The second-order valence-corrected chi connectivity index (χ2v) is 8.29. The van der Waals surface area contributed by atoms with Crippen LogP contribution in [-0.4, -0.2) is 20.9 Å². The molecule has 6 nitrogen and oxygen atoms in total. The van der Waals surface area contributed by atoms with E-state index < -0.39 is 16.1 Å². The summed E-state index contributed by atoms with van der Waals surface area (Å²) in [7, 11) is -3.73. The van der Waals surface area contributed by atoms with Gasteiger partial charge in [0, 0.05) is 12.2 Å². The molecule has 0 aliphatic carbocycles. The van der Waals surface area contributed by atoms with Gasteiger partial charge in [-0.3, -0.25) is 4.79 Å². The normalized spacial score (nSPS) is 12.3. The summed E-state index contributed by atoms with van der Waals surface area (Å²) in [5, 5.41) is 11.1. The standard InChI is InChI=1S/C22H22FN3O3S/c23-18-8-10-19(11-9-18)26-22(27)21(17-4-2-1-3-5-17)25-15-14-16-6-12-20(13-7-16)30(24,28)29/h1-13,21,25H,14-15H2,(H,26,27)(H2,24,28,29). The van der Waals surface area contributed by atoms with Crippen molar-refractivity contribution in [2.45, 2.75) is 17.4 Å². The van der Waals surface area contributed by atoms with Crippen LogP contribution in [0.25, 0.3) is 0 Å². The Morgan fingerprint density at radius 3 is 2.17 bits per heavy atom. The first-order valence-electron chi connectivity index (χ1n) is 9.29. The Morgan fingerprint density at radius 1 is 0.933 bits per heavy atom. The second-order valence-electron chi connectivity index (χ2n) is 6.73. The molecule has 30 heavy (non-hydrogen) atoms. The number of amides is 1. The van der Waals surface area contributed by atoms with Gasteiger partial charge < -0.3 is 10.6 Å². The predicted octanol–water partition coefficient (Wildman–Crippen LogP) is 2.99. The van der Waals surface area contributed by atoms with Gasteiger partial charge in [-0.15, -0.1) is 0 Å². The number of sulfonamides is 1. The average Bonchev–Trinajstić information content (AvgIpc) is 2.73. The maximum absolute atomic E-state index is 13.1. The second kappa shape index (κ2) is 9.62. The van der Waals surface area contributed by atoms with Crippen LogP contribution in [0.1, 0.15) is 17.2 Å². The minimum Gasteiger partial charge on any atom is -0.324 e. The molecule has 3 aromatic rings. The Labute approximate surface area is 175 Å². The van der Waals surface area contributed by atoms with Gasteiger partial charge in [0.15, 0.2) is 0 Å². The zero-order valence-corrected chi connectivity index (χ0v) is 16.9. The lowest BCUT2D eigenvalue weighted by molar-refractivity contribution is -0.118. The lowest BCUT2D eigenvalue weighted by Crippen LogP contribution is -2.34. The number of hydrogen-bond acceptors (Lipinski definition) is 4. The fourth-order valence-corrected chi connectivity index (χ4v) is 3.48. The van der Waals surface area contributed by atoms with Crippen molar-refractivity contribution < 1.29 is 17.6 Å². The SMILES string of the molecule is NS(=O)(=O)c1ccc(CCNC(C(=O)Nc2ccc(F)cc2)c2ccccc2)cc1. The van der Waals surface area contributed by atoms with Crippen molar-refractivity contribution in [3.8, 4) is 0 Å². The molecular weight excluding hydrogens is 405 g/mol. The van der Waals surface area contributed by atoms with Crippen molar-refractivity contribution in [3.05, 3.63) is 95.8 Å². The topological polar surface area (TPSA) is 101 Å². The third-order valence-corrected chi connectivity index (χ3v) is 5.45. The summed E-state index contributed by atoms with van der Waals surface area (Å²) in [6.07, 6.45) is 0.581. The third-order valence-electron chi connectivity index (χ3n) is 4.52. The molecule has 0 aromatic heterocycles. The molecule has 0 aliphatic rings. The van der Waals surface area contributed by atoms with Crippen LogP contribution >= 0.6 is 0 Å². The van der Waals surface area contributed by atoms with E-state index in [-0.39, 0.29) is 16.6 Å². The molecule has 0 spiro atoms. The van der Waals surface area contributed by atoms with Gasteiger partial charge in [-0.1, -0.05) is 42.5 Å². The molecule has 8 heteroatoms. The molecule has 0 saturated heterocycles. The van der Waals surface area contributed by atoms with Crippen molar-refractivity contribution >= 4 is 21.6 Å². The molecule has 4 N–H and O–H groups in total. The highest BCUT2D eigenvalue weighted by molar-refractivity contribution is 7.89. The molecule has 0 heterocycles. The Morgan fingerprint density at radius 2 is 1.57 bits per heavy atom. The van der Waals surface area contributed by atoms with E-state index in [1.807, 2.05) is 30.3 Å². The number of nitrogens with one attached hydrogen (secondary N) is 2. The lowest BCUT2D eigenvalue weighted by Gasteiger charge is -2.19. The number of halogens is 1. The fourth-order valence-electron chi connectivity index (χ4n) is 2.96. The molecule has 0 aliphatic heterocycles. The van der Waals surface area contributed by atoms with E-state index in [0.29, 0.717) is 18.7 Å². The number of primary sulfonamides is 1. The third kappa shape index (κ3) is 5.96. The molecule has 0 fully saturated rings. The first kappa shape index (κ1) is 21.6. The number of carbonyl (C=O) groups is 1. The number of hydrogen-bond donors (Lipinski definition) is 3. The summed E-state index contributed by atoms with van der Waals surface area (Å²) >= 11 is 0. The fraction of sp³-hybridized carbons (Fsp3) is 0.136. The minimum atomic E-state index is -3.73. The van der Waals surface area contributed by atoms with E-state index in [9.17, 15) is 17.6 Å². The quantitative estimate of drug-likeness (QED) is 0.514. The van der Waals surface area contributed by atoms with Crippen LogP contribution in [0.15, 0.2) is 83.8 Å². The summed E-state index contributed by atoms with van der Waals surface area (Å²) in [4.78, 5) is 12.9. The van der Waals surface area contributed by atoms with Crippen LogP contribution in [0.2, 0.25) is 0 Å². The van der Waals surface area contributed by atoms with Crippen molar-refractivity contribution in [1.29, 1.82) is 0 Å². The summed E-state index contributed by atoms with van der Waals surface area (Å²) in [5.41, 5.74) is 2.20. The highest BCUT2D eigenvalue weighted by atomic mass is 32.2. The molecule has 3 rings (SSSR count). The number of anilines is 1. The minimum absolute atomic E-state index is 0.0556. The van der Waals surface area contributed by atoms with Crippen LogP contribution in [0, 0.1) is 5.82 Å². The lowest BCUT2D eigenvalue weighted by atomic mass is 10.1. The van der Waals surface area contributed by atoms with E-state index in [4.69, 9.17) is 5.14 Å². The molecule has 1 amide bonds. The molecule has 0 bridgehead atoms. The average molecular weight is 428 g/mol. The molecule has 0 saturated carbocycles. The van der Waals surface area contributed by atoms with Crippen LogP contribution < -0.4 is 15.8 Å². The highest BCUT2D eigenvalue weighted by Crippen LogP contribution is 2.17. The van der Waals surface area contributed by atoms with Gasteiger partial charge in [0.25, 0.3) is 0 Å². The van der Waals surface area contributed by atoms with Crippen LogP contribution in [0.4, 0.5) is 10.1 Å². The summed E-state index contributed by atoms with van der Waals surface area (Å²) in [6.45, 7) is 0.477. The van der Waals surface area contributed by atoms with Crippen molar-refractivity contribution in [3.63, 3.8) is 0 Å². The zero-order chi connectivity index (χ0) is 21.6. The number of nitrogens with two attached hydrogens (primary N) is 1. The van der Waals surface area contributed by atoms with E-state index in [1.165, 1.54) is 36.4 Å². The predicted molar refractivity (Wildman–Crippen MR) is 114 cm³/mol. The molecule has 1 unspecified atom stereocenters. The molecular formula is C22H22FN3O3S. The van der Waals surface area contributed by atoms with E-state index in [0.717, 1.165) is 11.1 Å². The molecule has 0 radical (unpaired) electrons. The van der Waals surface area contributed by atoms with Crippen molar-refractivity contribution in [2.24, 2.45) is 5.14 Å². The van der Waals surface area contributed by atoms with Gasteiger partial charge in [-0.05, 0) is 53.9 Å². The van der Waals surface area contributed by atoms with Gasteiger partial charge in [0.2, 0.25) is 15.9 Å². The van der Waals surface area contributed by atoms with Gasteiger partial charge in [-0.25, -0.2) is 17.9 Å². The zero-order valence-electron chi connectivity index (χ0n) is 16.1. The monoisotopic (exact) mass is 427 g/mol. The van der Waals surface area contributed by atoms with Crippen LogP contribution in [-0.2, 0) is 21.2 Å². The largest absolute Gasteiger partial charge is 0.324 e. The number of rotatable bonds is 8. The number of carbonyl (C=O) groups excluding carboxylic acids is 1. The van der Waals surface area contributed by atoms with E-state index >= 15 is 0 Å². The Bertz CT molecular complexity index is 1090. The molecule has 3 aromatic carbocycles. The van der Waals surface area contributed by atoms with Gasteiger partial charge in [0.05, 0.1) is 4.90 Å². The van der Waals surface area contributed by atoms with Gasteiger partial charge >= 0.3 is 0 Å². The summed E-state index contributed by atoms with van der Waals surface area (Å²) in [5.74, 6) is -0.642. The Kier molecular flexibility index (Phi) is 6.94. The van der Waals surface area contributed by atoms with Crippen LogP contribution in [0.5, 0.6) is 0 Å².